The lowest BCUT2D eigenvalue weighted by Gasteiger charge is -2.11. The topological polar surface area (TPSA) is 127 Å². The van der Waals surface area contributed by atoms with Gasteiger partial charge in [-0.1, -0.05) is 48.0 Å². The minimum absolute atomic E-state index is 0.0666. The average Bonchev–Trinajstić information content (AvgIpc) is 2.70. The Hall–Kier alpha value is -3.20. The van der Waals surface area contributed by atoms with E-state index < -0.39 is 22.1 Å². The molecule has 3 rings (SSSR count). The normalized spacial score (nSPS) is 11.7. The Balaban J connectivity index is 0.000000248. The van der Waals surface area contributed by atoms with Crippen LogP contribution in [0.3, 0.4) is 0 Å². The highest BCUT2D eigenvalue weighted by atomic mass is 32.2. The summed E-state index contributed by atoms with van der Waals surface area (Å²) in [6, 6.07) is 20.6. The van der Waals surface area contributed by atoms with Gasteiger partial charge in [-0.3, -0.25) is 4.55 Å². The maximum Gasteiger partial charge on any atom is 0.328 e. The Morgan fingerprint density at radius 1 is 0.967 bits per heavy atom. The molecule has 0 bridgehead atoms. The van der Waals surface area contributed by atoms with Crippen molar-refractivity contribution in [1.82, 2.24) is 0 Å². The standard InChI is InChI=1S/C15H15NO3.C7H8O3S/c16-14(10-11-6-8-12(17)9-7-11)15(18)19-13-4-2-1-3-5-13;1-6-2-4-7(5-3-6)11(8,9)10/h1-9,14,17H,10,16H2;2-5H,1H3,(H,8,9,10)/t14-;/m0./s1. The highest BCUT2D eigenvalue weighted by Crippen LogP contribution is 2.13. The van der Waals surface area contributed by atoms with Crippen molar-refractivity contribution in [1.29, 1.82) is 0 Å². The van der Waals surface area contributed by atoms with E-state index in [1.807, 2.05) is 13.0 Å². The summed E-state index contributed by atoms with van der Waals surface area (Å²) in [5.74, 6) is 0.192. The van der Waals surface area contributed by atoms with Gasteiger partial charge in [-0.05, 0) is 55.3 Å². The highest BCUT2D eigenvalue weighted by Gasteiger charge is 2.16. The van der Waals surface area contributed by atoms with Crippen LogP contribution in [-0.2, 0) is 21.3 Å². The molecule has 1 atom stereocenters. The monoisotopic (exact) mass is 429 g/mol. The van der Waals surface area contributed by atoms with Gasteiger partial charge in [0.05, 0.1) is 4.90 Å². The van der Waals surface area contributed by atoms with Crippen LogP contribution >= 0.6 is 0 Å². The number of hydrogen-bond donors (Lipinski definition) is 3. The van der Waals surface area contributed by atoms with E-state index in [9.17, 15) is 18.3 Å². The number of nitrogens with two attached hydrogens (primary N) is 1. The summed E-state index contributed by atoms with van der Waals surface area (Å²) in [5, 5.41) is 9.17. The van der Waals surface area contributed by atoms with Crippen LogP contribution in [0, 0.1) is 6.92 Å². The third-order valence-electron chi connectivity index (χ3n) is 3.98. The van der Waals surface area contributed by atoms with Crippen LogP contribution in [0.2, 0.25) is 0 Å². The number of phenolic OH excluding ortho intramolecular Hbond substituents is 1. The second-order valence-electron chi connectivity index (χ2n) is 6.50. The minimum atomic E-state index is -4.02. The van der Waals surface area contributed by atoms with Gasteiger partial charge in [0.15, 0.2) is 0 Å². The SMILES string of the molecule is Cc1ccc(S(=O)(=O)O)cc1.N[C@@H](Cc1ccc(O)cc1)C(=O)Oc1ccccc1. The van der Waals surface area contributed by atoms with Gasteiger partial charge < -0.3 is 15.6 Å². The zero-order valence-corrected chi connectivity index (χ0v) is 17.1. The molecule has 0 fully saturated rings. The molecule has 0 heterocycles. The third kappa shape index (κ3) is 7.67. The summed E-state index contributed by atoms with van der Waals surface area (Å²) in [5.41, 5.74) is 7.62. The number of rotatable bonds is 5. The molecule has 0 radical (unpaired) electrons. The number of phenols is 1. The minimum Gasteiger partial charge on any atom is -0.508 e. The summed E-state index contributed by atoms with van der Waals surface area (Å²) < 4.78 is 34.7. The Bertz CT molecular complexity index is 1050. The number of ether oxygens (including phenoxy) is 1. The molecule has 0 aliphatic heterocycles. The van der Waals surface area contributed by atoms with Gasteiger partial charge in [0, 0.05) is 0 Å². The summed E-state index contributed by atoms with van der Waals surface area (Å²) in [6.07, 6.45) is 0.367. The quantitative estimate of drug-likeness (QED) is 0.323. The van der Waals surface area contributed by atoms with Crippen molar-refractivity contribution in [2.75, 3.05) is 0 Å². The second kappa shape index (κ2) is 10.5. The van der Waals surface area contributed by atoms with E-state index in [0.29, 0.717) is 12.2 Å². The summed E-state index contributed by atoms with van der Waals surface area (Å²) in [4.78, 5) is 11.7. The van der Waals surface area contributed by atoms with E-state index in [0.717, 1.165) is 11.1 Å². The average molecular weight is 429 g/mol. The lowest BCUT2D eigenvalue weighted by molar-refractivity contribution is -0.135. The van der Waals surface area contributed by atoms with Crippen molar-refractivity contribution >= 4 is 16.1 Å². The summed E-state index contributed by atoms with van der Waals surface area (Å²) in [6.45, 7) is 1.84. The van der Waals surface area contributed by atoms with Crippen LogP contribution < -0.4 is 10.5 Å². The molecule has 0 saturated heterocycles. The zero-order chi connectivity index (χ0) is 22.1. The van der Waals surface area contributed by atoms with Crippen LogP contribution in [0.4, 0.5) is 0 Å². The van der Waals surface area contributed by atoms with Crippen molar-refractivity contribution in [2.24, 2.45) is 5.73 Å². The molecule has 0 amide bonds. The fourth-order valence-electron chi connectivity index (χ4n) is 2.36. The molecule has 30 heavy (non-hydrogen) atoms. The predicted octanol–water partition coefficient (Wildman–Crippen LogP) is 3.11. The molecule has 7 nitrogen and oxygen atoms in total. The van der Waals surface area contributed by atoms with Crippen LogP contribution in [0.25, 0.3) is 0 Å². The van der Waals surface area contributed by atoms with Crippen LogP contribution in [0.15, 0.2) is 83.8 Å². The molecule has 158 valence electrons. The van der Waals surface area contributed by atoms with Gasteiger partial charge in [-0.25, -0.2) is 4.79 Å². The van der Waals surface area contributed by atoms with E-state index in [4.69, 9.17) is 15.0 Å². The number of hydrogen-bond acceptors (Lipinski definition) is 6. The Morgan fingerprint density at radius 3 is 2.07 bits per heavy atom. The van der Waals surface area contributed by atoms with Gasteiger partial charge in [-0.15, -0.1) is 0 Å². The van der Waals surface area contributed by atoms with Gasteiger partial charge in [0.2, 0.25) is 0 Å². The molecule has 0 aliphatic carbocycles. The summed E-state index contributed by atoms with van der Waals surface area (Å²) >= 11 is 0. The fourth-order valence-corrected chi connectivity index (χ4v) is 2.84. The second-order valence-corrected chi connectivity index (χ2v) is 7.92. The van der Waals surface area contributed by atoms with Gasteiger partial charge in [-0.2, -0.15) is 8.42 Å². The van der Waals surface area contributed by atoms with Crippen LogP contribution in [-0.4, -0.2) is 30.1 Å². The number of carbonyl (C=O) groups excluding carboxylic acids is 1. The molecule has 0 aliphatic rings. The number of carbonyl (C=O) groups is 1. The van der Waals surface area contributed by atoms with Crippen molar-refractivity contribution < 1.29 is 27.6 Å². The smallest absolute Gasteiger partial charge is 0.328 e. The molecule has 0 aromatic heterocycles. The van der Waals surface area contributed by atoms with E-state index in [1.165, 1.54) is 12.1 Å². The molecule has 3 aromatic rings. The number of benzene rings is 3. The van der Waals surface area contributed by atoms with E-state index in [2.05, 4.69) is 0 Å². The van der Waals surface area contributed by atoms with E-state index in [1.54, 1.807) is 60.7 Å². The zero-order valence-electron chi connectivity index (χ0n) is 16.3. The van der Waals surface area contributed by atoms with E-state index >= 15 is 0 Å². The molecule has 0 spiro atoms. The van der Waals surface area contributed by atoms with Crippen molar-refractivity contribution in [3.8, 4) is 11.5 Å². The lowest BCUT2D eigenvalue weighted by atomic mass is 10.1. The molecule has 4 N–H and O–H groups in total. The lowest BCUT2D eigenvalue weighted by Crippen LogP contribution is -2.36. The maximum absolute atomic E-state index is 11.8. The number of aromatic hydroxyl groups is 1. The number of esters is 1. The molecule has 3 aromatic carbocycles. The Kier molecular flexibility index (Phi) is 8.11. The largest absolute Gasteiger partial charge is 0.508 e. The van der Waals surface area contributed by atoms with Crippen molar-refractivity contribution in [3.05, 3.63) is 90.0 Å². The first-order chi connectivity index (χ1) is 14.1. The Morgan fingerprint density at radius 2 is 1.53 bits per heavy atom. The third-order valence-corrected chi connectivity index (χ3v) is 4.84. The molecular formula is C22H23NO6S. The Labute approximate surface area is 175 Å². The molecular weight excluding hydrogens is 406 g/mol. The van der Waals surface area contributed by atoms with Crippen molar-refractivity contribution in [3.63, 3.8) is 0 Å². The predicted molar refractivity (Wildman–Crippen MR) is 113 cm³/mol. The summed E-state index contributed by atoms with van der Waals surface area (Å²) in [7, 11) is -4.02. The van der Waals surface area contributed by atoms with Gasteiger partial charge >= 0.3 is 5.97 Å². The molecule has 8 heteroatoms. The maximum atomic E-state index is 11.8. The van der Waals surface area contributed by atoms with Gasteiger partial charge in [0.25, 0.3) is 10.1 Å². The highest BCUT2D eigenvalue weighted by molar-refractivity contribution is 7.85. The van der Waals surface area contributed by atoms with Crippen molar-refractivity contribution in [2.45, 2.75) is 24.3 Å². The molecule has 0 unspecified atom stereocenters. The van der Waals surface area contributed by atoms with Crippen LogP contribution in [0.5, 0.6) is 11.5 Å². The number of para-hydroxylation sites is 1. The molecule has 0 saturated carbocycles. The first-order valence-corrected chi connectivity index (χ1v) is 10.4. The van der Waals surface area contributed by atoms with Crippen LogP contribution in [0.1, 0.15) is 11.1 Å². The number of aryl methyl sites for hydroxylation is 1. The first kappa shape index (κ1) is 23.1. The fraction of sp³-hybridized carbons (Fsp3) is 0.136. The van der Waals surface area contributed by atoms with E-state index in [-0.39, 0.29) is 10.6 Å². The first-order valence-electron chi connectivity index (χ1n) is 8.99. The van der Waals surface area contributed by atoms with Gasteiger partial charge in [0.1, 0.15) is 17.5 Å².